The Morgan fingerprint density at radius 2 is 2.00 bits per heavy atom. The second-order valence-electron chi connectivity index (χ2n) is 5.82. The third-order valence-electron chi connectivity index (χ3n) is 4.15. The van der Waals surface area contributed by atoms with Crippen LogP contribution in [0.4, 0.5) is 4.79 Å². The van der Waals surface area contributed by atoms with Gasteiger partial charge in [0, 0.05) is 17.5 Å². The molecule has 2 aromatic rings. The quantitative estimate of drug-likeness (QED) is 0.887. The fourth-order valence-corrected chi connectivity index (χ4v) is 5.19. The van der Waals surface area contributed by atoms with Crippen LogP contribution in [0.25, 0.3) is 0 Å². The number of carbonyl (C=O) groups is 1. The molecule has 7 heteroatoms. The molecule has 1 N–H and O–H groups in total. The lowest BCUT2D eigenvalue weighted by atomic mass is 10.2. The monoisotopic (exact) mass is 364 g/mol. The van der Waals surface area contributed by atoms with Crippen LogP contribution in [0.3, 0.4) is 0 Å². The van der Waals surface area contributed by atoms with Crippen molar-refractivity contribution in [3.63, 3.8) is 0 Å². The summed E-state index contributed by atoms with van der Waals surface area (Å²) in [5.41, 5.74) is 0. The zero-order valence-electron chi connectivity index (χ0n) is 13.2. The van der Waals surface area contributed by atoms with E-state index in [4.69, 9.17) is 0 Å². The van der Waals surface area contributed by atoms with E-state index in [1.807, 2.05) is 17.5 Å². The zero-order chi connectivity index (χ0) is 17.0. The van der Waals surface area contributed by atoms with Crippen molar-refractivity contribution in [1.82, 2.24) is 10.2 Å². The number of urea groups is 1. The summed E-state index contributed by atoms with van der Waals surface area (Å²) in [6.07, 6.45) is 1.56. The van der Waals surface area contributed by atoms with E-state index in [-0.39, 0.29) is 17.8 Å². The average molecular weight is 364 g/mol. The lowest BCUT2D eigenvalue weighted by Crippen LogP contribution is -2.45. The molecule has 0 bridgehead atoms. The number of nitrogens with one attached hydrogen (secondary N) is 1. The summed E-state index contributed by atoms with van der Waals surface area (Å²) in [5.74, 6) is -0.0244. The predicted molar refractivity (Wildman–Crippen MR) is 94.8 cm³/mol. The van der Waals surface area contributed by atoms with Gasteiger partial charge in [-0.3, -0.25) is 0 Å². The number of rotatable bonds is 5. The Bertz CT molecular complexity index is 773. The van der Waals surface area contributed by atoms with Crippen LogP contribution in [-0.4, -0.2) is 37.7 Å². The Kier molecular flexibility index (Phi) is 5.20. The number of amides is 2. The van der Waals surface area contributed by atoms with Crippen molar-refractivity contribution in [2.24, 2.45) is 0 Å². The summed E-state index contributed by atoms with van der Waals surface area (Å²) in [6, 6.07) is 11.9. The molecule has 3 rings (SSSR count). The van der Waals surface area contributed by atoms with Crippen molar-refractivity contribution in [3.8, 4) is 0 Å². The fraction of sp³-hybridized carbons (Fsp3) is 0.353. The van der Waals surface area contributed by atoms with E-state index < -0.39 is 9.84 Å². The summed E-state index contributed by atoms with van der Waals surface area (Å²) in [6.45, 7) is 1.08. The number of nitrogens with zero attached hydrogens (tertiary/aromatic N) is 1. The molecule has 5 nitrogen and oxygen atoms in total. The van der Waals surface area contributed by atoms with Gasteiger partial charge < -0.3 is 10.2 Å². The van der Waals surface area contributed by atoms with Crippen LogP contribution in [0.15, 0.2) is 52.7 Å². The molecule has 1 fully saturated rings. The zero-order valence-corrected chi connectivity index (χ0v) is 14.9. The second kappa shape index (κ2) is 7.36. The van der Waals surface area contributed by atoms with E-state index >= 15 is 0 Å². The summed E-state index contributed by atoms with van der Waals surface area (Å²) in [4.78, 5) is 15.5. The number of hydrogen-bond acceptors (Lipinski definition) is 4. The first kappa shape index (κ1) is 17.0. The normalized spacial score (nSPS) is 17.8. The van der Waals surface area contributed by atoms with Gasteiger partial charge in [-0.15, -0.1) is 11.3 Å². The average Bonchev–Trinajstić information content (AvgIpc) is 3.25. The highest BCUT2D eigenvalue weighted by Crippen LogP contribution is 2.22. The van der Waals surface area contributed by atoms with Crippen LogP contribution < -0.4 is 5.32 Å². The maximum atomic E-state index is 12.5. The lowest BCUT2D eigenvalue weighted by molar-refractivity contribution is 0.196. The van der Waals surface area contributed by atoms with Crippen LogP contribution in [0.1, 0.15) is 17.7 Å². The molecule has 1 atom stereocenters. The number of sulfone groups is 1. The van der Waals surface area contributed by atoms with Crippen molar-refractivity contribution in [3.05, 3.63) is 52.7 Å². The summed E-state index contributed by atoms with van der Waals surface area (Å²) in [5, 5.41) is 4.85. The number of benzene rings is 1. The van der Waals surface area contributed by atoms with Gasteiger partial charge in [-0.25, -0.2) is 13.2 Å². The van der Waals surface area contributed by atoms with Crippen molar-refractivity contribution < 1.29 is 13.2 Å². The molecule has 0 radical (unpaired) electrons. The molecule has 2 heterocycles. The number of hydrogen-bond donors (Lipinski definition) is 1. The molecular weight excluding hydrogens is 344 g/mol. The van der Waals surface area contributed by atoms with E-state index in [9.17, 15) is 13.2 Å². The van der Waals surface area contributed by atoms with Gasteiger partial charge in [-0.2, -0.15) is 0 Å². The highest BCUT2D eigenvalue weighted by atomic mass is 32.2. The number of thiophene rings is 1. The van der Waals surface area contributed by atoms with Gasteiger partial charge in [0.1, 0.15) is 0 Å². The van der Waals surface area contributed by atoms with Gasteiger partial charge >= 0.3 is 6.03 Å². The van der Waals surface area contributed by atoms with Gasteiger partial charge in [-0.1, -0.05) is 24.3 Å². The minimum absolute atomic E-state index is 0.0244. The Morgan fingerprint density at radius 3 is 2.71 bits per heavy atom. The SMILES string of the molecule is O=C(NCc1cccs1)N1CCC[C@@H]1CS(=O)(=O)c1ccccc1. The first-order valence-electron chi connectivity index (χ1n) is 7.91. The van der Waals surface area contributed by atoms with Gasteiger partial charge in [0.25, 0.3) is 0 Å². The minimum atomic E-state index is -3.39. The molecule has 2 amide bonds. The first-order chi connectivity index (χ1) is 11.6. The molecule has 1 aliphatic rings. The fourth-order valence-electron chi connectivity index (χ4n) is 2.93. The maximum Gasteiger partial charge on any atom is 0.317 e. The molecule has 1 aromatic carbocycles. The predicted octanol–water partition coefficient (Wildman–Crippen LogP) is 2.90. The molecule has 24 heavy (non-hydrogen) atoms. The molecule has 0 saturated carbocycles. The summed E-state index contributed by atoms with van der Waals surface area (Å²) < 4.78 is 25.1. The number of likely N-dealkylation sites (tertiary alicyclic amines) is 1. The van der Waals surface area contributed by atoms with Crippen LogP contribution in [0.5, 0.6) is 0 Å². The van der Waals surface area contributed by atoms with Gasteiger partial charge in [0.05, 0.1) is 17.2 Å². The van der Waals surface area contributed by atoms with E-state index in [0.29, 0.717) is 18.0 Å². The smallest absolute Gasteiger partial charge is 0.317 e. The Labute approximate surface area is 146 Å². The summed E-state index contributed by atoms with van der Waals surface area (Å²) >= 11 is 1.59. The van der Waals surface area contributed by atoms with Crippen molar-refractivity contribution in [2.45, 2.75) is 30.3 Å². The van der Waals surface area contributed by atoms with Gasteiger partial charge in [0.15, 0.2) is 9.84 Å². The topological polar surface area (TPSA) is 66.5 Å². The standard InChI is InChI=1S/C17H20N2O3S2/c20-17(18-12-15-7-5-11-23-15)19-10-4-6-14(19)13-24(21,22)16-8-2-1-3-9-16/h1-3,5,7-9,11,14H,4,6,10,12-13H2,(H,18,20)/t14-/m1/s1. The van der Waals surface area contributed by atoms with Crippen LogP contribution in [0, 0.1) is 0 Å². The van der Waals surface area contributed by atoms with E-state index in [2.05, 4.69) is 5.32 Å². The Morgan fingerprint density at radius 1 is 1.21 bits per heavy atom. The van der Waals surface area contributed by atoms with Crippen LogP contribution in [-0.2, 0) is 16.4 Å². The third kappa shape index (κ3) is 3.96. The highest BCUT2D eigenvalue weighted by Gasteiger charge is 2.32. The third-order valence-corrected chi connectivity index (χ3v) is 6.84. The Balaban J connectivity index is 1.63. The Hall–Kier alpha value is -1.86. The van der Waals surface area contributed by atoms with E-state index in [0.717, 1.165) is 17.7 Å². The van der Waals surface area contributed by atoms with E-state index in [1.54, 1.807) is 46.6 Å². The second-order valence-corrected chi connectivity index (χ2v) is 8.89. The molecule has 128 valence electrons. The van der Waals surface area contributed by atoms with Crippen molar-refractivity contribution >= 4 is 27.2 Å². The van der Waals surface area contributed by atoms with Crippen LogP contribution >= 0.6 is 11.3 Å². The molecule has 1 aromatic heterocycles. The molecule has 1 saturated heterocycles. The minimum Gasteiger partial charge on any atom is -0.333 e. The molecule has 0 aliphatic carbocycles. The molecule has 0 spiro atoms. The van der Waals surface area contributed by atoms with E-state index in [1.165, 1.54) is 0 Å². The largest absolute Gasteiger partial charge is 0.333 e. The van der Waals surface area contributed by atoms with Crippen molar-refractivity contribution in [2.75, 3.05) is 12.3 Å². The number of carbonyl (C=O) groups excluding carboxylic acids is 1. The van der Waals surface area contributed by atoms with Gasteiger partial charge in [-0.05, 0) is 36.4 Å². The van der Waals surface area contributed by atoms with Gasteiger partial charge in [0.2, 0.25) is 0 Å². The van der Waals surface area contributed by atoms with Crippen LogP contribution in [0.2, 0.25) is 0 Å². The maximum absolute atomic E-state index is 12.5. The molecular formula is C17H20N2O3S2. The van der Waals surface area contributed by atoms with Crippen molar-refractivity contribution in [1.29, 1.82) is 0 Å². The first-order valence-corrected chi connectivity index (χ1v) is 10.4. The molecule has 0 unspecified atom stereocenters. The highest BCUT2D eigenvalue weighted by molar-refractivity contribution is 7.91. The lowest BCUT2D eigenvalue weighted by Gasteiger charge is -2.24. The summed E-state index contributed by atoms with van der Waals surface area (Å²) in [7, 11) is -3.39. The molecule has 1 aliphatic heterocycles.